The number of nitrogens with two attached hydrogens (primary N) is 1. The molecular formula is C29H39FN4O5. The van der Waals surface area contributed by atoms with Gasteiger partial charge in [-0.2, -0.15) is 0 Å². The lowest BCUT2D eigenvalue weighted by molar-refractivity contribution is -0.115. The van der Waals surface area contributed by atoms with Crippen LogP contribution in [0.4, 0.5) is 19.7 Å². The van der Waals surface area contributed by atoms with E-state index in [0.717, 1.165) is 4.90 Å². The number of amides is 3. The van der Waals surface area contributed by atoms with Gasteiger partial charge in [0.05, 0.1) is 17.9 Å². The van der Waals surface area contributed by atoms with Crippen molar-refractivity contribution in [2.45, 2.75) is 46.6 Å². The topological polar surface area (TPSA) is 115 Å². The highest BCUT2D eigenvalue weighted by atomic mass is 19.1. The van der Waals surface area contributed by atoms with Crippen LogP contribution in [0.3, 0.4) is 0 Å². The lowest BCUT2D eigenvalue weighted by atomic mass is 10.0. The van der Waals surface area contributed by atoms with E-state index < -0.39 is 29.5 Å². The number of carbonyl (C=O) groups is 3. The molecule has 1 heterocycles. The van der Waals surface area contributed by atoms with E-state index in [-0.39, 0.29) is 54.2 Å². The second-order valence-electron chi connectivity index (χ2n) is 9.51. The van der Waals surface area contributed by atoms with Gasteiger partial charge in [0.1, 0.15) is 18.0 Å². The molecule has 0 unspecified atom stereocenters. The molecular weight excluding hydrogens is 503 g/mol. The number of allylic oxidation sites excluding steroid dienone is 2. The molecule has 2 N–H and O–H groups in total. The van der Waals surface area contributed by atoms with Gasteiger partial charge in [0.2, 0.25) is 0 Å². The average Bonchev–Trinajstić information content (AvgIpc) is 2.89. The van der Waals surface area contributed by atoms with Crippen LogP contribution in [0.1, 0.15) is 38.3 Å². The summed E-state index contributed by atoms with van der Waals surface area (Å²) in [6.07, 6.45) is 3.23. The SMILES string of the molecule is C=C/C=C(\C=C)COC(=O)N(C(=O)C1=C(N=C)CN(C(=O)OC(C)(C)C)CC1)c1cc(C)c(F)c(C)c1.CN. The van der Waals surface area contributed by atoms with E-state index in [0.29, 0.717) is 5.57 Å². The molecule has 10 heteroatoms. The van der Waals surface area contributed by atoms with Crippen molar-refractivity contribution < 1.29 is 28.2 Å². The van der Waals surface area contributed by atoms with Gasteiger partial charge in [-0.1, -0.05) is 31.4 Å². The summed E-state index contributed by atoms with van der Waals surface area (Å²) in [5.74, 6) is -1.14. The molecule has 2 rings (SSSR count). The Morgan fingerprint density at radius 3 is 2.26 bits per heavy atom. The quantitative estimate of drug-likeness (QED) is 0.365. The third kappa shape index (κ3) is 9.03. The minimum atomic E-state index is -0.960. The van der Waals surface area contributed by atoms with Crippen molar-refractivity contribution in [1.82, 2.24) is 4.90 Å². The van der Waals surface area contributed by atoms with Gasteiger partial charge in [-0.25, -0.2) is 18.9 Å². The molecule has 0 saturated carbocycles. The van der Waals surface area contributed by atoms with Crippen LogP contribution in [-0.4, -0.2) is 62.1 Å². The molecule has 0 saturated heterocycles. The Balaban J connectivity index is 0.00000371. The summed E-state index contributed by atoms with van der Waals surface area (Å²) in [5.41, 5.74) is 5.46. The number of aliphatic imine (C=N–C) groups is 1. The van der Waals surface area contributed by atoms with E-state index in [4.69, 9.17) is 9.47 Å². The van der Waals surface area contributed by atoms with Crippen LogP contribution in [0.15, 0.2) is 65.4 Å². The van der Waals surface area contributed by atoms with E-state index >= 15 is 0 Å². The lowest BCUT2D eigenvalue weighted by Gasteiger charge is -2.32. The molecule has 1 aromatic rings. The van der Waals surface area contributed by atoms with Crippen LogP contribution in [0.2, 0.25) is 0 Å². The fourth-order valence-corrected chi connectivity index (χ4v) is 3.63. The van der Waals surface area contributed by atoms with Gasteiger partial charge in [-0.15, -0.1) is 0 Å². The number of benzene rings is 1. The van der Waals surface area contributed by atoms with Crippen LogP contribution < -0.4 is 10.6 Å². The number of anilines is 1. The van der Waals surface area contributed by atoms with E-state index in [9.17, 15) is 18.8 Å². The van der Waals surface area contributed by atoms with Gasteiger partial charge in [0.25, 0.3) is 5.91 Å². The van der Waals surface area contributed by atoms with Gasteiger partial charge < -0.3 is 20.1 Å². The maximum atomic E-state index is 14.3. The Morgan fingerprint density at radius 2 is 1.77 bits per heavy atom. The number of halogens is 1. The fraction of sp³-hybridized carbons (Fsp3) is 0.379. The van der Waals surface area contributed by atoms with Crippen molar-refractivity contribution >= 4 is 30.5 Å². The van der Waals surface area contributed by atoms with Crippen molar-refractivity contribution in [3.8, 4) is 0 Å². The first-order valence-electron chi connectivity index (χ1n) is 12.3. The monoisotopic (exact) mass is 542 g/mol. The molecule has 9 nitrogen and oxygen atoms in total. The normalized spacial score (nSPS) is 13.5. The van der Waals surface area contributed by atoms with E-state index in [1.54, 1.807) is 26.8 Å². The summed E-state index contributed by atoms with van der Waals surface area (Å²) in [7, 11) is 1.50. The summed E-state index contributed by atoms with van der Waals surface area (Å²) in [6.45, 7) is 19.1. The maximum absolute atomic E-state index is 14.3. The zero-order valence-corrected chi connectivity index (χ0v) is 23.7. The number of hydrogen-bond acceptors (Lipinski definition) is 7. The summed E-state index contributed by atoms with van der Waals surface area (Å²) in [5, 5.41) is 0. The molecule has 0 aliphatic carbocycles. The van der Waals surface area contributed by atoms with E-state index in [1.165, 1.54) is 50.1 Å². The molecule has 3 amide bonds. The number of carbonyl (C=O) groups excluding carboxylic acids is 3. The molecule has 39 heavy (non-hydrogen) atoms. The van der Waals surface area contributed by atoms with Crippen LogP contribution in [0, 0.1) is 19.7 Å². The molecule has 1 aliphatic heterocycles. The third-order valence-electron chi connectivity index (χ3n) is 5.44. The standard InChI is InChI=1S/C28H34FN3O5.CH5N/c1-9-11-20(10-2)17-36-27(35)32(21-14-18(3)24(29)19(4)15-21)25(33)22-12-13-31(16-23(22)30-8)26(34)37-28(5,6)7;1-2/h9-11,14-15H,1-2,8,12-13,16-17H2,3-7H3;2H2,1H3/b20-11+;. The highest BCUT2D eigenvalue weighted by molar-refractivity contribution is 6.19. The van der Waals surface area contributed by atoms with Crippen molar-refractivity contribution in [2.24, 2.45) is 10.7 Å². The van der Waals surface area contributed by atoms with Crippen molar-refractivity contribution in [3.63, 3.8) is 0 Å². The van der Waals surface area contributed by atoms with Crippen LogP contribution >= 0.6 is 0 Å². The highest BCUT2D eigenvalue weighted by Crippen LogP contribution is 2.28. The minimum Gasteiger partial charge on any atom is -0.444 e. The third-order valence-corrected chi connectivity index (χ3v) is 5.44. The summed E-state index contributed by atoms with van der Waals surface area (Å²) in [6, 6.07) is 2.79. The maximum Gasteiger partial charge on any atom is 0.421 e. The summed E-state index contributed by atoms with van der Waals surface area (Å²) < 4.78 is 25.2. The molecule has 0 radical (unpaired) electrons. The number of nitrogens with zero attached hydrogens (tertiary/aromatic N) is 3. The fourth-order valence-electron chi connectivity index (χ4n) is 3.63. The number of ether oxygens (including phenoxy) is 2. The number of hydrogen-bond donors (Lipinski definition) is 1. The average molecular weight is 543 g/mol. The Labute approximate surface area is 230 Å². The van der Waals surface area contributed by atoms with E-state index in [2.05, 4.69) is 30.6 Å². The molecule has 0 aromatic heterocycles. The van der Waals surface area contributed by atoms with Gasteiger partial charge in [-0.3, -0.25) is 9.79 Å². The predicted molar refractivity (Wildman–Crippen MR) is 152 cm³/mol. The molecule has 1 aromatic carbocycles. The number of aryl methyl sites for hydroxylation is 2. The number of imide groups is 1. The van der Waals surface area contributed by atoms with Gasteiger partial charge >= 0.3 is 12.2 Å². The predicted octanol–water partition coefficient (Wildman–Crippen LogP) is 5.38. The van der Waals surface area contributed by atoms with E-state index in [1.807, 2.05) is 0 Å². The second-order valence-corrected chi connectivity index (χ2v) is 9.51. The lowest BCUT2D eigenvalue weighted by Crippen LogP contribution is -2.44. The first-order valence-corrected chi connectivity index (χ1v) is 12.3. The smallest absolute Gasteiger partial charge is 0.421 e. The molecule has 212 valence electrons. The summed E-state index contributed by atoms with van der Waals surface area (Å²) >= 11 is 0. The highest BCUT2D eigenvalue weighted by Gasteiger charge is 2.34. The Morgan fingerprint density at radius 1 is 1.18 bits per heavy atom. The minimum absolute atomic E-state index is 0.0213. The molecule has 0 bridgehead atoms. The molecule has 1 aliphatic rings. The van der Waals surface area contributed by atoms with Crippen molar-refractivity contribution in [3.05, 3.63) is 77.3 Å². The Hall–Kier alpha value is -4.05. The van der Waals surface area contributed by atoms with Crippen molar-refractivity contribution in [1.29, 1.82) is 0 Å². The van der Waals surface area contributed by atoms with Gasteiger partial charge in [-0.05, 0) is 83.6 Å². The number of rotatable bonds is 7. The van der Waals surface area contributed by atoms with Gasteiger partial charge in [0, 0.05) is 12.1 Å². The van der Waals surface area contributed by atoms with Crippen LogP contribution in [0.25, 0.3) is 0 Å². The molecule has 0 atom stereocenters. The Bertz CT molecular complexity index is 1160. The zero-order valence-electron chi connectivity index (χ0n) is 23.7. The molecule has 0 spiro atoms. The van der Waals surface area contributed by atoms with Crippen molar-refractivity contribution in [2.75, 3.05) is 31.6 Å². The first-order chi connectivity index (χ1) is 18.3. The molecule has 0 fully saturated rings. The Kier molecular flexibility index (Phi) is 12.5. The summed E-state index contributed by atoms with van der Waals surface area (Å²) in [4.78, 5) is 45.8. The van der Waals surface area contributed by atoms with Crippen LogP contribution in [0.5, 0.6) is 0 Å². The van der Waals surface area contributed by atoms with Gasteiger partial charge in [0.15, 0.2) is 0 Å². The largest absolute Gasteiger partial charge is 0.444 e. The second kappa shape index (κ2) is 14.8. The van der Waals surface area contributed by atoms with Crippen LogP contribution in [-0.2, 0) is 14.3 Å². The first kappa shape index (κ1) is 33.0. The zero-order chi connectivity index (χ0) is 29.9.